The van der Waals surface area contributed by atoms with Gasteiger partial charge in [0.05, 0.1) is 0 Å². The molecule has 0 aliphatic heterocycles. The highest BCUT2D eigenvalue weighted by Crippen LogP contribution is 2.28. The maximum absolute atomic E-state index is 2.34. The van der Waals surface area contributed by atoms with Gasteiger partial charge >= 0.3 is 0 Å². The van der Waals surface area contributed by atoms with Crippen LogP contribution in [0.1, 0.15) is 97.3 Å². The van der Waals surface area contributed by atoms with Gasteiger partial charge in [0.15, 0.2) is 0 Å². The Bertz CT molecular complexity index is 149. The second-order valence-electron chi connectivity index (χ2n) is 6.36. The number of rotatable bonds is 6. The van der Waals surface area contributed by atoms with Crippen LogP contribution >= 0.6 is 0 Å². The molecule has 0 unspecified atom stereocenters. The fraction of sp³-hybridized carbons (Fsp3) is 0.941. The first-order chi connectivity index (χ1) is 8.29. The minimum absolute atomic E-state index is 0.896. The summed E-state index contributed by atoms with van der Waals surface area (Å²) in [6, 6.07) is 0. The van der Waals surface area contributed by atoms with E-state index in [9.17, 15) is 0 Å². The molecular weight excluding hydrogens is 204 g/mol. The van der Waals surface area contributed by atoms with Gasteiger partial charge < -0.3 is 0 Å². The van der Waals surface area contributed by atoms with Gasteiger partial charge in [0.2, 0.25) is 0 Å². The summed E-state index contributed by atoms with van der Waals surface area (Å²) >= 11 is 0. The van der Waals surface area contributed by atoms with Crippen molar-refractivity contribution < 1.29 is 0 Å². The van der Waals surface area contributed by atoms with Crippen LogP contribution in [0.25, 0.3) is 0 Å². The van der Waals surface area contributed by atoms with E-state index in [1.54, 1.807) is 0 Å². The van der Waals surface area contributed by atoms with Crippen molar-refractivity contribution in [2.75, 3.05) is 0 Å². The summed E-state index contributed by atoms with van der Waals surface area (Å²) in [6.45, 7) is 4.68. The van der Waals surface area contributed by atoms with Gasteiger partial charge in [-0.2, -0.15) is 0 Å². The first kappa shape index (κ1) is 15.1. The van der Waals surface area contributed by atoms with Crippen LogP contribution in [0.5, 0.6) is 0 Å². The van der Waals surface area contributed by atoms with Crippen molar-refractivity contribution in [3.8, 4) is 0 Å². The molecule has 17 heavy (non-hydrogen) atoms. The molecule has 0 amide bonds. The van der Waals surface area contributed by atoms with Crippen LogP contribution in [0.2, 0.25) is 0 Å². The van der Waals surface area contributed by atoms with Crippen LogP contribution in [0.3, 0.4) is 0 Å². The molecule has 1 fully saturated rings. The molecule has 0 heteroatoms. The van der Waals surface area contributed by atoms with Gasteiger partial charge in [0.25, 0.3) is 0 Å². The molecule has 0 atom stereocenters. The second-order valence-corrected chi connectivity index (χ2v) is 6.36. The SMILES string of the molecule is CC(C)CCCCC[C]1CCCCCCCC1. The lowest BCUT2D eigenvalue weighted by atomic mass is 9.91. The molecule has 1 radical (unpaired) electrons. The van der Waals surface area contributed by atoms with Crippen LogP contribution in [0.15, 0.2) is 0 Å². The standard InChI is InChI=1S/C17H33/c1-16(2)12-8-7-11-15-17-13-9-5-3-4-6-10-14-17/h16H,3-15H2,1-2H3. The van der Waals surface area contributed by atoms with Gasteiger partial charge in [-0.05, 0) is 31.1 Å². The smallest absolute Gasteiger partial charge is 0.0241 e. The van der Waals surface area contributed by atoms with Crippen LogP contribution in [0.4, 0.5) is 0 Å². The number of unbranched alkanes of at least 4 members (excludes halogenated alkanes) is 2. The quantitative estimate of drug-likeness (QED) is 0.475. The van der Waals surface area contributed by atoms with E-state index in [1.807, 2.05) is 5.92 Å². The lowest BCUT2D eigenvalue weighted by molar-refractivity contribution is 0.508. The van der Waals surface area contributed by atoms with Gasteiger partial charge in [0.1, 0.15) is 0 Å². The fourth-order valence-corrected chi connectivity index (χ4v) is 2.94. The summed E-state index contributed by atoms with van der Waals surface area (Å²) in [5.41, 5.74) is 0. The van der Waals surface area contributed by atoms with E-state index in [1.165, 1.54) is 83.5 Å². The summed E-state index contributed by atoms with van der Waals surface area (Å²) in [7, 11) is 0. The van der Waals surface area contributed by atoms with Crippen LogP contribution in [-0.2, 0) is 0 Å². The van der Waals surface area contributed by atoms with E-state index < -0.39 is 0 Å². The third-order valence-electron chi connectivity index (χ3n) is 4.12. The molecule has 101 valence electrons. The summed E-state index contributed by atoms with van der Waals surface area (Å²) in [5.74, 6) is 2.80. The lowest BCUT2D eigenvalue weighted by Gasteiger charge is -2.15. The summed E-state index contributed by atoms with van der Waals surface area (Å²) in [5, 5.41) is 0. The average Bonchev–Trinajstić information content (AvgIpc) is 2.42. The average molecular weight is 237 g/mol. The minimum atomic E-state index is 0.896. The zero-order valence-corrected chi connectivity index (χ0v) is 12.3. The predicted molar refractivity (Wildman–Crippen MR) is 78.1 cm³/mol. The molecule has 1 aliphatic carbocycles. The maximum Gasteiger partial charge on any atom is -0.0241 e. The molecule has 1 rings (SSSR count). The molecule has 0 N–H and O–H groups in total. The number of hydrogen-bond donors (Lipinski definition) is 0. The Balaban J connectivity index is 2.02. The van der Waals surface area contributed by atoms with Crippen molar-refractivity contribution >= 4 is 0 Å². The Morgan fingerprint density at radius 3 is 1.94 bits per heavy atom. The molecule has 1 saturated carbocycles. The maximum atomic E-state index is 2.34. The Hall–Kier alpha value is 0. The number of hydrogen-bond acceptors (Lipinski definition) is 0. The summed E-state index contributed by atoms with van der Waals surface area (Å²) < 4.78 is 0. The molecular formula is C17H33. The Morgan fingerprint density at radius 2 is 1.35 bits per heavy atom. The van der Waals surface area contributed by atoms with Crippen molar-refractivity contribution in [1.82, 2.24) is 0 Å². The monoisotopic (exact) mass is 237 g/mol. The van der Waals surface area contributed by atoms with E-state index in [0.717, 1.165) is 5.92 Å². The molecule has 0 aromatic heterocycles. The van der Waals surface area contributed by atoms with Crippen molar-refractivity contribution in [2.45, 2.75) is 97.3 Å². The third-order valence-corrected chi connectivity index (χ3v) is 4.12. The van der Waals surface area contributed by atoms with Crippen molar-refractivity contribution in [3.63, 3.8) is 0 Å². The van der Waals surface area contributed by atoms with E-state index in [-0.39, 0.29) is 0 Å². The molecule has 0 heterocycles. The highest BCUT2D eigenvalue weighted by molar-refractivity contribution is 4.89. The largest absolute Gasteiger partial charge is 0.0628 e. The van der Waals surface area contributed by atoms with Gasteiger partial charge in [-0.1, -0.05) is 78.1 Å². The van der Waals surface area contributed by atoms with E-state index >= 15 is 0 Å². The highest BCUT2D eigenvalue weighted by Gasteiger charge is 2.10. The molecule has 0 bridgehead atoms. The molecule has 0 aromatic carbocycles. The van der Waals surface area contributed by atoms with Gasteiger partial charge in [0, 0.05) is 0 Å². The summed E-state index contributed by atoms with van der Waals surface area (Å²) in [6.07, 6.45) is 19.0. The van der Waals surface area contributed by atoms with Gasteiger partial charge in [-0.3, -0.25) is 0 Å². The van der Waals surface area contributed by atoms with Crippen LogP contribution in [0, 0.1) is 11.8 Å². The predicted octanol–water partition coefficient (Wildman–Crippen LogP) is 6.30. The molecule has 0 nitrogen and oxygen atoms in total. The van der Waals surface area contributed by atoms with Crippen LogP contribution < -0.4 is 0 Å². The third kappa shape index (κ3) is 8.69. The van der Waals surface area contributed by atoms with E-state index in [2.05, 4.69) is 13.8 Å². The van der Waals surface area contributed by atoms with Crippen molar-refractivity contribution in [2.24, 2.45) is 5.92 Å². The minimum Gasteiger partial charge on any atom is -0.0628 e. The van der Waals surface area contributed by atoms with Crippen LogP contribution in [-0.4, -0.2) is 0 Å². The molecule has 0 aromatic rings. The second kappa shape index (κ2) is 9.97. The topological polar surface area (TPSA) is 0 Å². The molecule has 1 aliphatic rings. The zero-order chi connectivity index (χ0) is 12.3. The van der Waals surface area contributed by atoms with Crippen molar-refractivity contribution in [1.29, 1.82) is 0 Å². The molecule has 0 spiro atoms. The zero-order valence-electron chi connectivity index (χ0n) is 12.3. The van der Waals surface area contributed by atoms with Crippen molar-refractivity contribution in [3.05, 3.63) is 5.92 Å². The molecule has 0 saturated heterocycles. The lowest BCUT2D eigenvalue weighted by Crippen LogP contribution is -1.98. The Labute approximate surface area is 110 Å². The van der Waals surface area contributed by atoms with Gasteiger partial charge in [-0.25, -0.2) is 0 Å². The van der Waals surface area contributed by atoms with E-state index in [0.29, 0.717) is 0 Å². The fourth-order valence-electron chi connectivity index (χ4n) is 2.94. The summed E-state index contributed by atoms with van der Waals surface area (Å²) in [4.78, 5) is 0. The highest BCUT2D eigenvalue weighted by atomic mass is 14.2. The Kier molecular flexibility index (Phi) is 8.83. The first-order valence-corrected chi connectivity index (χ1v) is 8.12. The normalized spacial score (nSPS) is 19.9. The first-order valence-electron chi connectivity index (χ1n) is 8.12. The van der Waals surface area contributed by atoms with Gasteiger partial charge in [-0.15, -0.1) is 0 Å². The van der Waals surface area contributed by atoms with E-state index in [4.69, 9.17) is 0 Å². The Morgan fingerprint density at radius 1 is 0.765 bits per heavy atom.